The maximum Gasteiger partial charge on any atom is 0.231 e. The number of hydrogen-bond donors (Lipinski definition) is 1. The summed E-state index contributed by atoms with van der Waals surface area (Å²) in [6, 6.07) is 18.1. The van der Waals surface area contributed by atoms with E-state index in [0.29, 0.717) is 19.0 Å². The second-order valence-electron chi connectivity index (χ2n) is 10.4. The Morgan fingerprint density at radius 1 is 1.03 bits per heavy atom. The van der Waals surface area contributed by atoms with Crippen LogP contribution >= 0.6 is 0 Å². The maximum absolute atomic E-state index is 12.0. The predicted octanol–water partition coefficient (Wildman–Crippen LogP) is 5.84. The highest BCUT2D eigenvalue weighted by atomic mass is 16.5. The van der Waals surface area contributed by atoms with Gasteiger partial charge in [-0.2, -0.15) is 0 Å². The van der Waals surface area contributed by atoms with Gasteiger partial charge in [0.1, 0.15) is 12.3 Å². The number of nitrogens with zero attached hydrogens (tertiary/aromatic N) is 2. The summed E-state index contributed by atoms with van der Waals surface area (Å²) in [6.45, 7) is 4.43. The van der Waals surface area contributed by atoms with Gasteiger partial charge in [0.2, 0.25) is 5.89 Å². The van der Waals surface area contributed by atoms with Gasteiger partial charge in [-0.3, -0.25) is 0 Å². The molecule has 4 rings (SSSR count). The lowest BCUT2D eigenvalue weighted by molar-refractivity contribution is -0.904. The molecule has 1 heterocycles. The van der Waals surface area contributed by atoms with Crippen molar-refractivity contribution < 1.29 is 18.7 Å². The van der Waals surface area contributed by atoms with Gasteiger partial charge in [-0.1, -0.05) is 67.3 Å². The zero-order chi connectivity index (χ0) is 24.0. The van der Waals surface area contributed by atoms with E-state index in [0.717, 1.165) is 60.2 Å². The summed E-state index contributed by atoms with van der Waals surface area (Å²) >= 11 is 0. The smallest absolute Gasteiger partial charge is 0.231 e. The minimum atomic E-state index is -1.18. The minimum Gasteiger partial charge on any atom is -0.493 e. The van der Waals surface area contributed by atoms with Crippen LogP contribution in [0, 0.1) is 12.8 Å². The first-order chi connectivity index (χ1) is 16.4. The molecule has 0 aliphatic heterocycles. The summed E-state index contributed by atoms with van der Waals surface area (Å²) in [5, 5.41) is 12.0. The summed E-state index contributed by atoms with van der Waals surface area (Å²) in [5.74, 6) is 2.28. The molecule has 1 aliphatic carbocycles. The third-order valence-corrected chi connectivity index (χ3v) is 7.07. The van der Waals surface area contributed by atoms with Crippen molar-refractivity contribution in [3.8, 4) is 5.75 Å². The number of aryl methyl sites for hydroxylation is 1. The fraction of sp³-hybridized carbons (Fsp3) is 0.483. The fourth-order valence-corrected chi connectivity index (χ4v) is 5.12. The summed E-state index contributed by atoms with van der Waals surface area (Å²) in [6.07, 6.45) is 8.24. The minimum absolute atomic E-state index is 0.122. The first-order valence-corrected chi connectivity index (χ1v) is 12.6. The molecule has 5 nitrogen and oxygen atoms in total. The van der Waals surface area contributed by atoms with Crippen LogP contribution in [0.1, 0.15) is 61.3 Å². The Kier molecular flexibility index (Phi) is 7.74. The van der Waals surface area contributed by atoms with E-state index in [1.165, 1.54) is 12.0 Å². The van der Waals surface area contributed by atoms with Gasteiger partial charge in [0, 0.05) is 12.3 Å². The monoisotopic (exact) mass is 463 g/mol. The average Bonchev–Trinajstić information content (AvgIpc) is 3.32. The molecule has 3 aromatic rings. The molecule has 1 unspecified atom stereocenters. The lowest BCUT2D eigenvalue weighted by Crippen LogP contribution is -2.40. The van der Waals surface area contributed by atoms with E-state index in [-0.39, 0.29) is 5.92 Å². The Labute approximate surface area is 204 Å². The van der Waals surface area contributed by atoms with Crippen molar-refractivity contribution >= 4 is 0 Å². The third-order valence-electron chi connectivity index (χ3n) is 7.07. The van der Waals surface area contributed by atoms with E-state index in [9.17, 15) is 5.11 Å². The van der Waals surface area contributed by atoms with Crippen molar-refractivity contribution in [1.82, 2.24) is 4.98 Å². The number of hydrogen-bond acceptors (Lipinski definition) is 4. The molecule has 0 saturated heterocycles. The summed E-state index contributed by atoms with van der Waals surface area (Å²) in [4.78, 5) is 4.62. The Balaban J connectivity index is 1.40. The lowest BCUT2D eigenvalue weighted by atomic mass is 9.73. The number of aliphatic hydroxyl groups is 1. The highest BCUT2D eigenvalue weighted by Crippen LogP contribution is 2.43. The molecule has 1 aliphatic rings. The SMILES string of the molecule is Cc1ccc(OCCC[N+](C)(C)Cc2cnc(C(O)(c3ccccc3)C3CCCCC3)o2)cc1. The standard InChI is InChI=1S/C29H39N2O3/c1-23-15-17-26(18-16-23)33-20-10-19-31(2,3)22-27-21-30-28(34-27)29(32,24-11-6-4-7-12-24)25-13-8-5-9-14-25/h4,6-7,11-12,15-18,21,25,32H,5,8-10,13-14,19-20,22H2,1-3H3/q+1. The number of ether oxygens (including phenoxy) is 1. The van der Waals surface area contributed by atoms with Crippen molar-refractivity contribution in [2.45, 2.75) is 57.6 Å². The van der Waals surface area contributed by atoms with Crippen molar-refractivity contribution in [3.05, 3.63) is 83.6 Å². The van der Waals surface area contributed by atoms with Gasteiger partial charge in [0.25, 0.3) is 0 Å². The van der Waals surface area contributed by atoms with Crippen LogP contribution in [0.5, 0.6) is 5.75 Å². The van der Waals surface area contributed by atoms with Gasteiger partial charge in [0.15, 0.2) is 11.4 Å². The largest absolute Gasteiger partial charge is 0.493 e. The molecular weight excluding hydrogens is 424 g/mol. The van der Waals surface area contributed by atoms with Gasteiger partial charge in [-0.15, -0.1) is 0 Å². The van der Waals surface area contributed by atoms with Crippen molar-refractivity contribution in [1.29, 1.82) is 0 Å². The maximum atomic E-state index is 12.0. The Bertz CT molecular complexity index is 1020. The molecule has 5 heteroatoms. The number of benzene rings is 2. The van der Waals surface area contributed by atoms with Gasteiger partial charge in [-0.25, -0.2) is 4.98 Å². The van der Waals surface area contributed by atoms with E-state index in [1.54, 1.807) is 6.20 Å². The topological polar surface area (TPSA) is 55.5 Å². The molecule has 0 amide bonds. The van der Waals surface area contributed by atoms with E-state index < -0.39 is 5.60 Å². The number of rotatable bonds is 10. The van der Waals surface area contributed by atoms with E-state index in [1.807, 2.05) is 42.5 Å². The Morgan fingerprint density at radius 3 is 2.44 bits per heavy atom. The van der Waals surface area contributed by atoms with Crippen LogP contribution in [-0.2, 0) is 12.1 Å². The molecule has 0 spiro atoms. The fourth-order valence-electron chi connectivity index (χ4n) is 5.12. The Hall–Kier alpha value is -2.63. The second kappa shape index (κ2) is 10.7. The van der Waals surface area contributed by atoms with Crippen molar-refractivity contribution in [3.63, 3.8) is 0 Å². The quantitative estimate of drug-likeness (QED) is 0.303. The predicted molar refractivity (Wildman–Crippen MR) is 134 cm³/mol. The summed E-state index contributed by atoms with van der Waals surface area (Å²) < 4.78 is 12.9. The summed E-state index contributed by atoms with van der Waals surface area (Å²) in [7, 11) is 4.39. The van der Waals surface area contributed by atoms with Crippen molar-refractivity contribution in [2.24, 2.45) is 5.92 Å². The zero-order valence-electron chi connectivity index (χ0n) is 20.9. The molecule has 1 aromatic heterocycles. The summed E-state index contributed by atoms with van der Waals surface area (Å²) in [5.41, 5.74) is 0.926. The molecule has 182 valence electrons. The molecule has 1 atom stereocenters. The van der Waals surface area contributed by atoms with Crippen LogP contribution in [0.3, 0.4) is 0 Å². The molecule has 2 aromatic carbocycles. The highest BCUT2D eigenvalue weighted by Gasteiger charge is 2.44. The third kappa shape index (κ3) is 5.89. The molecular formula is C29H39N2O3+. The van der Waals surface area contributed by atoms with E-state index in [2.05, 4.69) is 38.1 Å². The van der Waals surface area contributed by atoms with E-state index >= 15 is 0 Å². The van der Waals surface area contributed by atoms with Gasteiger partial charge in [-0.05, 0) is 37.5 Å². The molecule has 34 heavy (non-hydrogen) atoms. The normalized spacial score (nSPS) is 16.8. The van der Waals surface area contributed by atoms with Crippen LogP contribution in [0.4, 0.5) is 0 Å². The highest BCUT2D eigenvalue weighted by molar-refractivity contribution is 5.30. The van der Waals surface area contributed by atoms with Crippen molar-refractivity contribution in [2.75, 3.05) is 27.2 Å². The van der Waals surface area contributed by atoms with Gasteiger partial charge in [0.05, 0.1) is 33.4 Å². The van der Waals surface area contributed by atoms with Crippen LogP contribution in [0.2, 0.25) is 0 Å². The average molecular weight is 464 g/mol. The first-order valence-electron chi connectivity index (χ1n) is 12.6. The van der Waals surface area contributed by atoms with Crippen LogP contribution in [0.25, 0.3) is 0 Å². The lowest BCUT2D eigenvalue weighted by Gasteiger charge is -2.36. The molecule has 0 bridgehead atoms. The first kappa shape index (κ1) is 24.5. The zero-order valence-corrected chi connectivity index (χ0v) is 20.9. The number of aromatic nitrogens is 1. The number of oxazole rings is 1. The molecule has 1 saturated carbocycles. The van der Waals surface area contributed by atoms with E-state index in [4.69, 9.17) is 9.15 Å². The Morgan fingerprint density at radius 2 is 1.74 bits per heavy atom. The van der Waals surface area contributed by atoms with Crippen LogP contribution in [-0.4, -0.2) is 41.8 Å². The molecule has 0 radical (unpaired) electrons. The van der Waals surface area contributed by atoms with Crippen LogP contribution < -0.4 is 4.74 Å². The second-order valence-corrected chi connectivity index (χ2v) is 10.4. The number of quaternary nitrogens is 1. The molecule has 1 N–H and O–H groups in total. The van der Waals surface area contributed by atoms with Gasteiger partial charge >= 0.3 is 0 Å². The van der Waals surface area contributed by atoms with Crippen LogP contribution in [0.15, 0.2) is 65.2 Å². The van der Waals surface area contributed by atoms with Gasteiger partial charge < -0.3 is 18.7 Å². The molecule has 1 fully saturated rings.